The number of para-hydroxylation sites is 1. The van der Waals surface area contributed by atoms with E-state index in [9.17, 15) is 14.4 Å². The molecule has 8 heteroatoms. The molecule has 4 rings (SSSR count). The number of amides is 3. The molecular formula is C25H22N4O4. The number of aromatic amines is 1. The SMILES string of the molecule is O=C(NO)c1ccc(C(=O)N[C@H](C(=O)NCc2ccccc2)c2c[nH]c3ccccc23)cc1. The highest BCUT2D eigenvalue weighted by atomic mass is 16.5. The Labute approximate surface area is 189 Å². The van der Waals surface area contributed by atoms with E-state index in [2.05, 4.69) is 15.6 Å². The lowest BCUT2D eigenvalue weighted by molar-refractivity contribution is -0.123. The molecule has 5 N–H and O–H groups in total. The fourth-order valence-electron chi connectivity index (χ4n) is 3.56. The van der Waals surface area contributed by atoms with Crippen molar-refractivity contribution in [1.82, 2.24) is 21.1 Å². The zero-order chi connectivity index (χ0) is 23.2. The highest BCUT2D eigenvalue weighted by Gasteiger charge is 2.26. The highest BCUT2D eigenvalue weighted by Crippen LogP contribution is 2.25. The van der Waals surface area contributed by atoms with Gasteiger partial charge < -0.3 is 15.6 Å². The van der Waals surface area contributed by atoms with Crippen molar-refractivity contribution in [2.24, 2.45) is 0 Å². The van der Waals surface area contributed by atoms with Crippen molar-refractivity contribution < 1.29 is 19.6 Å². The van der Waals surface area contributed by atoms with Gasteiger partial charge in [-0.3, -0.25) is 19.6 Å². The quantitative estimate of drug-likeness (QED) is 0.223. The van der Waals surface area contributed by atoms with Crippen molar-refractivity contribution in [3.63, 3.8) is 0 Å². The van der Waals surface area contributed by atoms with E-state index < -0.39 is 17.9 Å². The standard InChI is InChI=1S/C25H22N4O4/c30-23(17-10-12-18(13-11-17)24(31)29-33)28-22(20-15-26-21-9-5-4-8-19(20)21)25(32)27-14-16-6-2-1-3-7-16/h1-13,15,22,26,33H,14H2,(H,27,32)(H,28,30)(H,29,31)/t22-/m0/s1. The molecule has 0 unspecified atom stereocenters. The molecule has 0 saturated heterocycles. The third kappa shape index (κ3) is 4.91. The smallest absolute Gasteiger partial charge is 0.274 e. The summed E-state index contributed by atoms with van der Waals surface area (Å²) in [7, 11) is 0. The number of carbonyl (C=O) groups is 3. The lowest BCUT2D eigenvalue weighted by Gasteiger charge is -2.19. The van der Waals surface area contributed by atoms with Gasteiger partial charge >= 0.3 is 0 Å². The van der Waals surface area contributed by atoms with Gasteiger partial charge in [0.05, 0.1) is 0 Å². The minimum absolute atomic E-state index is 0.197. The number of aromatic nitrogens is 1. The number of hydrogen-bond acceptors (Lipinski definition) is 4. The number of nitrogens with one attached hydrogen (secondary N) is 4. The van der Waals surface area contributed by atoms with Crippen LogP contribution >= 0.6 is 0 Å². The Bertz CT molecular complexity index is 1280. The van der Waals surface area contributed by atoms with E-state index in [0.717, 1.165) is 16.5 Å². The molecule has 0 aliphatic heterocycles. The van der Waals surface area contributed by atoms with Crippen LogP contribution in [0.25, 0.3) is 10.9 Å². The predicted molar refractivity (Wildman–Crippen MR) is 122 cm³/mol. The number of H-pyrrole nitrogens is 1. The second-order valence-electron chi connectivity index (χ2n) is 7.42. The molecule has 8 nitrogen and oxygen atoms in total. The molecule has 3 amide bonds. The molecule has 33 heavy (non-hydrogen) atoms. The first-order valence-corrected chi connectivity index (χ1v) is 10.3. The second kappa shape index (κ2) is 9.80. The maximum Gasteiger partial charge on any atom is 0.274 e. The Balaban J connectivity index is 1.59. The van der Waals surface area contributed by atoms with E-state index in [1.807, 2.05) is 54.6 Å². The molecule has 0 aliphatic carbocycles. The molecule has 3 aromatic carbocycles. The van der Waals surface area contributed by atoms with Gasteiger partial charge in [0.25, 0.3) is 11.8 Å². The first kappa shape index (κ1) is 21.8. The summed E-state index contributed by atoms with van der Waals surface area (Å²) in [6, 6.07) is 21.8. The van der Waals surface area contributed by atoms with Crippen LogP contribution in [-0.2, 0) is 11.3 Å². The maximum absolute atomic E-state index is 13.2. The van der Waals surface area contributed by atoms with Crippen LogP contribution < -0.4 is 16.1 Å². The number of benzene rings is 3. The van der Waals surface area contributed by atoms with E-state index in [-0.39, 0.29) is 17.0 Å². The number of carbonyl (C=O) groups excluding carboxylic acids is 3. The largest absolute Gasteiger partial charge is 0.361 e. The molecule has 1 aromatic heterocycles. The van der Waals surface area contributed by atoms with Gasteiger partial charge in [-0.15, -0.1) is 0 Å². The van der Waals surface area contributed by atoms with Gasteiger partial charge in [-0.1, -0.05) is 48.5 Å². The van der Waals surface area contributed by atoms with Crippen molar-refractivity contribution in [2.75, 3.05) is 0 Å². The first-order valence-electron chi connectivity index (χ1n) is 10.3. The van der Waals surface area contributed by atoms with E-state index in [1.165, 1.54) is 24.3 Å². The van der Waals surface area contributed by atoms with Crippen molar-refractivity contribution >= 4 is 28.6 Å². The van der Waals surface area contributed by atoms with Gasteiger partial charge in [0.1, 0.15) is 6.04 Å². The summed E-state index contributed by atoms with van der Waals surface area (Å²) in [5.41, 5.74) is 4.44. The predicted octanol–water partition coefficient (Wildman–Crippen LogP) is 3.07. The Morgan fingerprint density at radius 1 is 0.818 bits per heavy atom. The molecule has 0 fully saturated rings. The van der Waals surface area contributed by atoms with E-state index >= 15 is 0 Å². The summed E-state index contributed by atoms with van der Waals surface area (Å²) in [5, 5.41) is 15.3. The van der Waals surface area contributed by atoms with Crippen molar-refractivity contribution in [2.45, 2.75) is 12.6 Å². The van der Waals surface area contributed by atoms with Gasteiger partial charge in [0, 0.05) is 40.3 Å². The molecule has 166 valence electrons. The third-order valence-electron chi connectivity index (χ3n) is 5.29. The molecule has 0 bridgehead atoms. The minimum Gasteiger partial charge on any atom is -0.361 e. The zero-order valence-electron chi connectivity index (χ0n) is 17.5. The Morgan fingerprint density at radius 3 is 2.15 bits per heavy atom. The number of hydrogen-bond donors (Lipinski definition) is 5. The van der Waals surface area contributed by atoms with Gasteiger partial charge in [0.2, 0.25) is 5.91 Å². The monoisotopic (exact) mass is 442 g/mol. The van der Waals surface area contributed by atoms with Crippen molar-refractivity contribution in [3.8, 4) is 0 Å². The van der Waals surface area contributed by atoms with Crippen molar-refractivity contribution in [3.05, 3.63) is 107 Å². The van der Waals surface area contributed by atoms with Crippen LogP contribution in [0.2, 0.25) is 0 Å². The van der Waals surface area contributed by atoms with Crippen molar-refractivity contribution in [1.29, 1.82) is 0 Å². The Kier molecular flexibility index (Phi) is 6.47. The third-order valence-corrected chi connectivity index (χ3v) is 5.29. The number of hydroxylamine groups is 1. The van der Waals surface area contributed by atoms with Crippen LogP contribution in [0, 0.1) is 0 Å². The molecule has 0 radical (unpaired) electrons. The summed E-state index contributed by atoms with van der Waals surface area (Å²) >= 11 is 0. The van der Waals surface area contributed by atoms with Gasteiger partial charge in [-0.2, -0.15) is 0 Å². The zero-order valence-corrected chi connectivity index (χ0v) is 17.5. The molecule has 0 spiro atoms. The molecule has 0 aliphatic rings. The lowest BCUT2D eigenvalue weighted by Crippen LogP contribution is -2.40. The highest BCUT2D eigenvalue weighted by molar-refractivity contribution is 6.01. The van der Waals surface area contributed by atoms with Crippen LogP contribution in [0.15, 0.2) is 85.1 Å². The summed E-state index contributed by atoms with van der Waals surface area (Å²) in [6.07, 6.45) is 1.71. The van der Waals surface area contributed by atoms with Crippen LogP contribution in [-0.4, -0.2) is 27.9 Å². The van der Waals surface area contributed by atoms with Gasteiger partial charge in [-0.05, 0) is 35.9 Å². The number of rotatable bonds is 7. The molecule has 4 aromatic rings. The second-order valence-corrected chi connectivity index (χ2v) is 7.42. The van der Waals surface area contributed by atoms with Crippen LogP contribution in [0.4, 0.5) is 0 Å². The average Bonchev–Trinajstić information content (AvgIpc) is 3.30. The molecule has 1 heterocycles. The first-order chi connectivity index (χ1) is 16.1. The summed E-state index contributed by atoms with van der Waals surface area (Å²) in [4.78, 5) is 40.8. The fourth-order valence-corrected chi connectivity index (χ4v) is 3.56. The van der Waals surface area contributed by atoms with Gasteiger partial charge in [-0.25, -0.2) is 5.48 Å². The molecule has 1 atom stereocenters. The lowest BCUT2D eigenvalue weighted by atomic mass is 10.0. The Hall–Kier alpha value is -4.43. The van der Waals surface area contributed by atoms with E-state index in [4.69, 9.17) is 5.21 Å². The molecular weight excluding hydrogens is 420 g/mol. The Morgan fingerprint density at radius 2 is 1.45 bits per heavy atom. The minimum atomic E-state index is -0.947. The van der Waals surface area contributed by atoms with Crippen LogP contribution in [0.1, 0.15) is 37.9 Å². The normalized spacial score (nSPS) is 11.5. The van der Waals surface area contributed by atoms with Gasteiger partial charge in [0.15, 0.2) is 0 Å². The summed E-state index contributed by atoms with van der Waals surface area (Å²) in [5.74, 6) is -1.51. The summed E-state index contributed by atoms with van der Waals surface area (Å²) in [6.45, 7) is 0.319. The maximum atomic E-state index is 13.2. The topological polar surface area (TPSA) is 123 Å². The fraction of sp³-hybridized carbons (Fsp3) is 0.0800. The van der Waals surface area contributed by atoms with E-state index in [0.29, 0.717) is 12.1 Å². The van der Waals surface area contributed by atoms with Crippen LogP contribution in [0.5, 0.6) is 0 Å². The molecule has 0 saturated carbocycles. The number of fused-ring (bicyclic) bond motifs is 1. The van der Waals surface area contributed by atoms with E-state index in [1.54, 1.807) is 11.7 Å². The summed E-state index contributed by atoms with van der Waals surface area (Å²) < 4.78 is 0. The average molecular weight is 442 g/mol. The van der Waals surface area contributed by atoms with Crippen LogP contribution in [0.3, 0.4) is 0 Å².